The minimum atomic E-state index is -3.99. The summed E-state index contributed by atoms with van der Waals surface area (Å²) in [5.41, 5.74) is 1.50. The second kappa shape index (κ2) is 7.95. The largest absolute Gasteiger partial charge is 0.282 e. The number of para-hydroxylation sites is 1. The van der Waals surface area contributed by atoms with E-state index in [-0.39, 0.29) is 10.6 Å². The van der Waals surface area contributed by atoms with Crippen molar-refractivity contribution in [2.24, 2.45) is 4.40 Å². The number of aromatic nitrogens is 1. The van der Waals surface area contributed by atoms with Gasteiger partial charge < -0.3 is 0 Å². The van der Waals surface area contributed by atoms with E-state index in [4.69, 9.17) is 0 Å². The van der Waals surface area contributed by atoms with E-state index in [0.717, 1.165) is 10.2 Å². The molecule has 1 aromatic heterocycles. The van der Waals surface area contributed by atoms with Crippen LogP contribution in [0.25, 0.3) is 10.2 Å². The first-order valence-electron chi connectivity index (χ1n) is 8.79. The SMILES string of the molecule is N#CC(/C(=N/S(=O)(=O)c1ccccc1)c1ccccc1)c1nc2ccccc2s1. The van der Waals surface area contributed by atoms with E-state index in [1.807, 2.05) is 30.3 Å². The molecule has 0 spiro atoms. The Morgan fingerprint density at radius 2 is 1.55 bits per heavy atom. The monoisotopic (exact) mass is 417 g/mol. The molecule has 3 aromatic carbocycles. The molecule has 1 unspecified atom stereocenters. The summed E-state index contributed by atoms with van der Waals surface area (Å²) in [5, 5.41) is 10.5. The molecule has 142 valence electrons. The van der Waals surface area contributed by atoms with Crippen LogP contribution in [0.4, 0.5) is 0 Å². The molecule has 7 heteroatoms. The molecule has 0 fully saturated rings. The lowest BCUT2D eigenvalue weighted by atomic mass is 9.98. The Morgan fingerprint density at radius 1 is 0.931 bits per heavy atom. The second-order valence-corrected chi connectivity index (χ2v) is 8.88. The smallest absolute Gasteiger partial charge is 0.239 e. The summed E-state index contributed by atoms with van der Waals surface area (Å²) < 4.78 is 30.9. The summed E-state index contributed by atoms with van der Waals surface area (Å²) in [4.78, 5) is 4.63. The van der Waals surface area contributed by atoms with Crippen molar-refractivity contribution in [2.45, 2.75) is 10.8 Å². The molecule has 0 aliphatic carbocycles. The van der Waals surface area contributed by atoms with Crippen LogP contribution in [0.15, 0.2) is 94.2 Å². The summed E-state index contributed by atoms with van der Waals surface area (Å²) >= 11 is 1.37. The van der Waals surface area contributed by atoms with Gasteiger partial charge in [-0.05, 0) is 29.8 Å². The van der Waals surface area contributed by atoms with Gasteiger partial charge in [0, 0.05) is 0 Å². The van der Waals surface area contributed by atoms with Crippen molar-refractivity contribution in [3.05, 3.63) is 95.5 Å². The maximum atomic E-state index is 12.9. The molecule has 29 heavy (non-hydrogen) atoms. The average molecular weight is 418 g/mol. The predicted molar refractivity (Wildman–Crippen MR) is 115 cm³/mol. The van der Waals surface area contributed by atoms with Crippen molar-refractivity contribution >= 4 is 37.3 Å². The molecule has 0 radical (unpaired) electrons. The number of hydrogen-bond donors (Lipinski definition) is 0. The number of benzene rings is 3. The van der Waals surface area contributed by atoms with E-state index in [1.165, 1.54) is 23.5 Å². The van der Waals surface area contributed by atoms with Gasteiger partial charge in [0.15, 0.2) is 0 Å². The fourth-order valence-corrected chi connectivity index (χ4v) is 5.00. The van der Waals surface area contributed by atoms with Gasteiger partial charge in [0.25, 0.3) is 10.0 Å². The molecule has 0 amide bonds. The predicted octanol–water partition coefficient (Wildman–Crippen LogP) is 4.78. The Balaban J connectivity index is 1.89. The zero-order chi connectivity index (χ0) is 20.3. The molecule has 0 N–H and O–H groups in total. The standard InChI is InChI=1S/C22H15N3O2S2/c23-15-18(22-24-19-13-7-8-14-20(19)28-22)21(16-9-3-1-4-10-16)25-29(26,27)17-11-5-2-6-12-17/h1-14,18H/b25-21+. The van der Waals surface area contributed by atoms with Crippen LogP contribution >= 0.6 is 11.3 Å². The van der Waals surface area contributed by atoms with Crippen LogP contribution in [-0.2, 0) is 10.0 Å². The van der Waals surface area contributed by atoms with Crippen LogP contribution in [0, 0.1) is 11.3 Å². The molecule has 4 rings (SSSR count). The molecule has 5 nitrogen and oxygen atoms in total. The number of nitrogens with zero attached hydrogens (tertiary/aromatic N) is 3. The molecular weight excluding hydrogens is 402 g/mol. The maximum absolute atomic E-state index is 12.9. The van der Waals surface area contributed by atoms with Crippen LogP contribution in [0.1, 0.15) is 16.5 Å². The highest BCUT2D eigenvalue weighted by molar-refractivity contribution is 7.90. The minimum Gasteiger partial charge on any atom is -0.239 e. The first kappa shape index (κ1) is 19.0. The molecule has 0 bridgehead atoms. The van der Waals surface area contributed by atoms with Crippen molar-refractivity contribution in [3.8, 4) is 6.07 Å². The van der Waals surface area contributed by atoms with Gasteiger partial charge in [0.05, 0.1) is 26.9 Å². The summed E-state index contributed by atoms with van der Waals surface area (Å²) in [7, 11) is -3.99. The number of rotatable bonds is 5. The van der Waals surface area contributed by atoms with Crippen LogP contribution in [-0.4, -0.2) is 19.1 Å². The lowest BCUT2D eigenvalue weighted by molar-refractivity contribution is 0.598. The Bertz CT molecular complexity index is 1290. The van der Waals surface area contributed by atoms with Gasteiger partial charge in [-0.3, -0.25) is 0 Å². The zero-order valence-electron chi connectivity index (χ0n) is 15.1. The van der Waals surface area contributed by atoms with E-state index in [0.29, 0.717) is 10.6 Å². The van der Waals surface area contributed by atoms with E-state index in [9.17, 15) is 13.7 Å². The molecular formula is C22H15N3O2S2. The first-order valence-corrected chi connectivity index (χ1v) is 11.0. The van der Waals surface area contributed by atoms with Crippen LogP contribution in [0.5, 0.6) is 0 Å². The summed E-state index contributed by atoms with van der Waals surface area (Å²) in [6.07, 6.45) is 0. The molecule has 0 aliphatic rings. The van der Waals surface area contributed by atoms with Crippen molar-refractivity contribution in [1.82, 2.24) is 4.98 Å². The third-order valence-corrected chi connectivity index (χ3v) is 6.70. The molecule has 1 atom stereocenters. The third kappa shape index (κ3) is 3.94. The topological polar surface area (TPSA) is 83.2 Å². The average Bonchev–Trinajstić information content (AvgIpc) is 3.18. The van der Waals surface area contributed by atoms with Crippen LogP contribution in [0.3, 0.4) is 0 Å². The number of thiazole rings is 1. The maximum Gasteiger partial charge on any atom is 0.282 e. The van der Waals surface area contributed by atoms with E-state index in [2.05, 4.69) is 15.5 Å². The molecule has 0 aliphatic heterocycles. The Morgan fingerprint density at radius 3 is 2.21 bits per heavy atom. The zero-order valence-corrected chi connectivity index (χ0v) is 16.8. The lowest BCUT2D eigenvalue weighted by Gasteiger charge is -2.11. The Kier molecular flexibility index (Phi) is 5.21. The van der Waals surface area contributed by atoms with Crippen LogP contribution in [0.2, 0.25) is 0 Å². The number of fused-ring (bicyclic) bond motifs is 1. The van der Waals surface area contributed by atoms with Gasteiger partial charge >= 0.3 is 0 Å². The fourth-order valence-electron chi connectivity index (χ4n) is 2.90. The van der Waals surface area contributed by atoms with Gasteiger partial charge in [-0.25, -0.2) is 4.98 Å². The van der Waals surface area contributed by atoms with Crippen molar-refractivity contribution in [2.75, 3.05) is 0 Å². The molecule has 0 saturated carbocycles. The number of hydrogen-bond acceptors (Lipinski definition) is 5. The van der Waals surface area contributed by atoms with Crippen molar-refractivity contribution < 1.29 is 8.42 Å². The molecule has 1 heterocycles. The summed E-state index contributed by atoms with van der Waals surface area (Å²) in [6.45, 7) is 0. The quantitative estimate of drug-likeness (QED) is 0.438. The lowest BCUT2D eigenvalue weighted by Crippen LogP contribution is -2.15. The van der Waals surface area contributed by atoms with Crippen LogP contribution < -0.4 is 0 Å². The normalized spacial score (nSPS) is 13.1. The highest BCUT2D eigenvalue weighted by Gasteiger charge is 2.26. The van der Waals surface area contributed by atoms with Gasteiger partial charge in [-0.1, -0.05) is 60.7 Å². The number of sulfonamides is 1. The van der Waals surface area contributed by atoms with Gasteiger partial charge in [-0.15, -0.1) is 11.3 Å². The highest BCUT2D eigenvalue weighted by atomic mass is 32.2. The Hall–Kier alpha value is -3.34. The first-order chi connectivity index (χ1) is 14.1. The fraction of sp³-hybridized carbons (Fsp3) is 0.0455. The highest BCUT2D eigenvalue weighted by Crippen LogP contribution is 2.30. The van der Waals surface area contributed by atoms with Crippen molar-refractivity contribution in [1.29, 1.82) is 5.26 Å². The van der Waals surface area contributed by atoms with Crippen molar-refractivity contribution in [3.63, 3.8) is 0 Å². The molecule has 4 aromatic rings. The van der Waals surface area contributed by atoms with E-state index in [1.54, 1.807) is 42.5 Å². The van der Waals surface area contributed by atoms with Gasteiger partial charge in [-0.2, -0.15) is 18.1 Å². The third-order valence-electron chi connectivity index (χ3n) is 4.29. The van der Waals surface area contributed by atoms with E-state index < -0.39 is 15.9 Å². The second-order valence-electron chi connectivity index (χ2n) is 6.21. The summed E-state index contributed by atoms with van der Waals surface area (Å²) in [6, 6.07) is 26.6. The summed E-state index contributed by atoms with van der Waals surface area (Å²) in [5.74, 6) is -0.909. The Labute approximate surface area is 172 Å². The number of nitriles is 1. The molecule has 0 saturated heterocycles. The van der Waals surface area contributed by atoms with Gasteiger partial charge in [0.2, 0.25) is 0 Å². The van der Waals surface area contributed by atoms with E-state index >= 15 is 0 Å². The van der Waals surface area contributed by atoms with Gasteiger partial charge in [0.1, 0.15) is 10.9 Å². The minimum absolute atomic E-state index is 0.0782.